The van der Waals surface area contributed by atoms with Gasteiger partial charge < -0.3 is 5.32 Å². The molecule has 5 heteroatoms. The van der Waals surface area contributed by atoms with Gasteiger partial charge in [0, 0.05) is 27.5 Å². The summed E-state index contributed by atoms with van der Waals surface area (Å²) < 4.78 is 3.14. The molecule has 90 valence electrons. The Labute approximate surface area is 119 Å². The molecule has 0 radical (unpaired) electrons. The van der Waals surface area contributed by atoms with Gasteiger partial charge in [0.1, 0.15) is 0 Å². The van der Waals surface area contributed by atoms with Gasteiger partial charge in [-0.1, -0.05) is 18.5 Å². The number of imidazole rings is 1. The third-order valence-electron chi connectivity index (χ3n) is 2.34. The second kappa shape index (κ2) is 5.73. The van der Waals surface area contributed by atoms with Crippen LogP contribution in [0, 0.1) is 3.57 Å². The van der Waals surface area contributed by atoms with E-state index in [2.05, 4.69) is 39.8 Å². The molecule has 17 heavy (non-hydrogen) atoms. The predicted molar refractivity (Wildman–Crippen MR) is 80.1 cm³/mol. The number of anilines is 1. The Morgan fingerprint density at radius 2 is 2.29 bits per heavy atom. The molecule has 2 rings (SSSR count). The lowest BCUT2D eigenvalue weighted by atomic mass is 10.3. The first-order valence-electron chi connectivity index (χ1n) is 5.45. The van der Waals surface area contributed by atoms with Crippen molar-refractivity contribution >= 4 is 40.1 Å². The molecular formula is C12H13ClIN3. The van der Waals surface area contributed by atoms with Crippen LogP contribution >= 0.6 is 34.2 Å². The molecule has 0 spiro atoms. The molecular weight excluding hydrogens is 349 g/mol. The molecule has 0 aliphatic heterocycles. The number of rotatable bonds is 4. The Kier molecular flexibility index (Phi) is 4.28. The third kappa shape index (κ3) is 2.93. The molecule has 0 saturated carbocycles. The number of benzene rings is 1. The van der Waals surface area contributed by atoms with Gasteiger partial charge in [-0.25, -0.2) is 4.98 Å². The maximum Gasteiger partial charge on any atom is 0.207 e. The van der Waals surface area contributed by atoms with E-state index < -0.39 is 0 Å². The molecule has 0 aliphatic carbocycles. The van der Waals surface area contributed by atoms with Gasteiger partial charge in [-0.15, -0.1) is 0 Å². The second-order valence-corrected chi connectivity index (χ2v) is 5.24. The minimum atomic E-state index is 0.751. The van der Waals surface area contributed by atoms with E-state index in [1.165, 1.54) is 0 Å². The van der Waals surface area contributed by atoms with Crippen LogP contribution in [0.2, 0.25) is 5.02 Å². The zero-order valence-electron chi connectivity index (χ0n) is 9.45. The predicted octanol–water partition coefficient (Wildman–Crippen LogP) is 3.95. The van der Waals surface area contributed by atoms with Crippen molar-refractivity contribution in [1.29, 1.82) is 0 Å². The lowest BCUT2D eigenvalue weighted by Gasteiger charge is -2.11. The summed E-state index contributed by atoms with van der Waals surface area (Å²) in [6, 6.07) is 5.84. The van der Waals surface area contributed by atoms with E-state index in [1.54, 1.807) is 6.20 Å². The van der Waals surface area contributed by atoms with E-state index in [0.29, 0.717) is 0 Å². The maximum atomic E-state index is 5.96. The number of nitrogens with zero attached hydrogens (tertiary/aromatic N) is 2. The quantitative estimate of drug-likeness (QED) is 0.836. The Morgan fingerprint density at radius 3 is 3.00 bits per heavy atom. The Morgan fingerprint density at radius 1 is 1.47 bits per heavy atom. The fourth-order valence-electron chi connectivity index (χ4n) is 1.54. The van der Waals surface area contributed by atoms with Gasteiger partial charge in [0.05, 0.1) is 5.69 Å². The number of hydrogen-bond acceptors (Lipinski definition) is 2. The third-order valence-corrected chi connectivity index (χ3v) is 3.44. The summed E-state index contributed by atoms with van der Waals surface area (Å²) in [5, 5.41) is 4.05. The molecule has 1 heterocycles. The molecule has 0 aliphatic rings. The summed E-state index contributed by atoms with van der Waals surface area (Å²) in [5.41, 5.74) is 1.09. The minimum Gasteiger partial charge on any atom is -0.355 e. The topological polar surface area (TPSA) is 29.9 Å². The summed E-state index contributed by atoms with van der Waals surface area (Å²) in [4.78, 5) is 4.31. The molecule has 2 aromatic rings. The summed E-state index contributed by atoms with van der Waals surface area (Å²) >= 11 is 8.24. The molecule has 1 aromatic carbocycles. The lowest BCUT2D eigenvalue weighted by molar-refractivity contribution is 0.935. The van der Waals surface area contributed by atoms with Crippen molar-refractivity contribution in [3.63, 3.8) is 0 Å². The van der Waals surface area contributed by atoms with Gasteiger partial charge >= 0.3 is 0 Å². The number of halogens is 2. The molecule has 0 bridgehead atoms. The first-order valence-corrected chi connectivity index (χ1v) is 6.90. The second-order valence-electron chi connectivity index (χ2n) is 3.64. The molecule has 1 aromatic heterocycles. The van der Waals surface area contributed by atoms with E-state index in [9.17, 15) is 0 Å². The minimum absolute atomic E-state index is 0.751. The Balaban J connectivity index is 2.35. The number of nitrogens with one attached hydrogen (secondary N) is 1. The highest BCUT2D eigenvalue weighted by molar-refractivity contribution is 14.1. The van der Waals surface area contributed by atoms with Gasteiger partial charge in [0.2, 0.25) is 5.95 Å². The van der Waals surface area contributed by atoms with Crippen molar-refractivity contribution in [2.24, 2.45) is 0 Å². The summed E-state index contributed by atoms with van der Waals surface area (Å²) in [5.74, 6) is 0.868. The van der Waals surface area contributed by atoms with Crippen molar-refractivity contribution in [3.8, 4) is 5.69 Å². The van der Waals surface area contributed by atoms with E-state index in [0.717, 1.165) is 33.2 Å². The van der Waals surface area contributed by atoms with Crippen LogP contribution in [-0.2, 0) is 0 Å². The van der Waals surface area contributed by atoms with Crippen LogP contribution in [0.15, 0.2) is 30.6 Å². The average Bonchev–Trinajstić information content (AvgIpc) is 2.74. The van der Waals surface area contributed by atoms with Crippen molar-refractivity contribution < 1.29 is 0 Å². The SMILES string of the molecule is CCCNc1nccn1-c1ccc(Cl)cc1I. The van der Waals surface area contributed by atoms with E-state index >= 15 is 0 Å². The van der Waals surface area contributed by atoms with Crippen molar-refractivity contribution in [3.05, 3.63) is 39.2 Å². The Hall–Kier alpha value is -0.750. The van der Waals surface area contributed by atoms with Crippen LogP contribution < -0.4 is 5.32 Å². The van der Waals surface area contributed by atoms with Crippen LogP contribution in [0.5, 0.6) is 0 Å². The van der Waals surface area contributed by atoms with Crippen LogP contribution in [0.1, 0.15) is 13.3 Å². The van der Waals surface area contributed by atoms with E-state index in [4.69, 9.17) is 11.6 Å². The van der Waals surface area contributed by atoms with Gasteiger partial charge in [-0.05, 0) is 47.2 Å². The van der Waals surface area contributed by atoms with Crippen LogP contribution in [0.25, 0.3) is 5.69 Å². The van der Waals surface area contributed by atoms with E-state index in [-0.39, 0.29) is 0 Å². The van der Waals surface area contributed by atoms with E-state index in [1.807, 2.05) is 29.0 Å². The van der Waals surface area contributed by atoms with Gasteiger partial charge in [0.25, 0.3) is 0 Å². The highest BCUT2D eigenvalue weighted by Crippen LogP contribution is 2.23. The van der Waals surface area contributed by atoms with Crippen LogP contribution in [-0.4, -0.2) is 16.1 Å². The normalized spacial score (nSPS) is 10.5. The molecule has 0 unspecified atom stereocenters. The zero-order chi connectivity index (χ0) is 12.3. The molecule has 0 fully saturated rings. The first kappa shape index (κ1) is 12.7. The smallest absolute Gasteiger partial charge is 0.207 e. The fraction of sp³-hybridized carbons (Fsp3) is 0.250. The van der Waals surface area contributed by atoms with Gasteiger partial charge in [-0.3, -0.25) is 4.57 Å². The summed E-state index contributed by atoms with van der Waals surface area (Å²) in [7, 11) is 0. The largest absolute Gasteiger partial charge is 0.355 e. The van der Waals surface area contributed by atoms with Crippen molar-refractivity contribution in [2.45, 2.75) is 13.3 Å². The average molecular weight is 362 g/mol. The van der Waals surface area contributed by atoms with Crippen molar-refractivity contribution in [1.82, 2.24) is 9.55 Å². The summed E-state index contributed by atoms with van der Waals surface area (Å²) in [6.45, 7) is 3.05. The molecule has 3 nitrogen and oxygen atoms in total. The zero-order valence-corrected chi connectivity index (χ0v) is 12.4. The Bertz CT molecular complexity index is 510. The highest BCUT2D eigenvalue weighted by Gasteiger charge is 2.07. The van der Waals surface area contributed by atoms with Crippen molar-refractivity contribution in [2.75, 3.05) is 11.9 Å². The van der Waals surface area contributed by atoms with Gasteiger partial charge in [-0.2, -0.15) is 0 Å². The maximum absolute atomic E-state index is 5.96. The number of hydrogen-bond donors (Lipinski definition) is 1. The molecule has 0 saturated heterocycles. The number of aromatic nitrogens is 2. The van der Waals surface area contributed by atoms with Crippen LogP contribution in [0.4, 0.5) is 5.95 Å². The summed E-state index contributed by atoms with van der Waals surface area (Å²) in [6.07, 6.45) is 4.82. The van der Waals surface area contributed by atoms with Crippen LogP contribution in [0.3, 0.4) is 0 Å². The standard InChI is InChI=1S/C12H13ClIN3/c1-2-5-15-12-16-6-7-17(12)11-4-3-9(13)8-10(11)14/h3-4,6-8H,2,5H2,1H3,(H,15,16). The molecule has 0 atom stereocenters. The van der Waals surface area contributed by atoms with Gasteiger partial charge in [0.15, 0.2) is 0 Å². The fourth-order valence-corrected chi connectivity index (χ4v) is 2.67. The molecule has 1 N–H and O–H groups in total. The first-order chi connectivity index (χ1) is 8.22. The monoisotopic (exact) mass is 361 g/mol. The lowest BCUT2D eigenvalue weighted by Crippen LogP contribution is -2.07. The molecule has 0 amide bonds. The highest BCUT2D eigenvalue weighted by atomic mass is 127.